The molecule has 3 rings (SSSR count). The summed E-state index contributed by atoms with van der Waals surface area (Å²) in [5.74, 6) is -0.361. The van der Waals surface area contributed by atoms with Crippen LogP contribution in [0.5, 0.6) is 0 Å². The van der Waals surface area contributed by atoms with E-state index in [9.17, 15) is 9.59 Å². The summed E-state index contributed by atoms with van der Waals surface area (Å²) in [6, 6.07) is 13.6. The van der Waals surface area contributed by atoms with Crippen molar-refractivity contribution in [1.82, 2.24) is 10.2 Å². The number of rotatable bonds is 7. The first-order valence-electron chi connectivity index (χ1n) is 10.8. The Morgan fingerprint density at radius 3 is 2.36 bits per heavy atom. The summed E-state index contributed by atoms with van der Waals surface area (Å²) >= 11 is 11.4. The molecule has 2 aromatic carbocycles. The molecule has 0 aromatic heterocycles. The normalized spacial score (nSPS) is 16.0. The van der Waals surface area contributed by atoms with Gasteiger partial charge in [0.05, 0.1) is 18.2 Å². The number of ether oxygens (including phenoxy) is 1. The highest BCUT2D eigenvalue weighted by Crippen LogP contribution is 2.32. The number of allylic oxidation sites excluding steroid dienone is 1. The number of amides is 1. The number of nitrogens with zero attached hydrogens (tertiary/aromatic N) is 1. The Hall–Kier alpha value is -2.90. The van der Waals surface area contributed by atoms with Gasteiger partial charge in [0.15, 0.2) is 5.11 Å². The number of anilines is 1. The van der Waals surface area contributed by atoms with E-state index >= 15 is 0 Å². The maximum atomic E-state index is 13.0. The fourth-order valence-electron chi connectivity index (χ4n) is 3.56. The molecule has 6 nitrogen and oxygen atoms in total. The van der Waals surface area contributed by atoms with Crippen molar-refractivity contribution in [2.24, 2.45) is 5.92 Å². The number of nitrogens with one attached hydrogen (secondary N) is 2. The van der Waals surface area contributed by atoms with Crippen LogP contribution in [-0.2, 0) is 9.53 Å². The van der Waals surface area contributed by atoms with Crippen molar-refractivity contribution < 1.29 is 14.3 Å². The van der Waals surface area contributed by atoms with E-state index in [0.29, 0.717) is 40.1 Å². The zero-order valence-electron chi connectivity index (χ0n) is 19.1. The highest BCUT2D eigenvalue weighted by Gasteiger charge is 2.34. The van der Waals surface area contributed by atoms with Gasteiger partial charge in [-0.15, -0.1) is 0 Å². The van der Waals surface area contributed by atoms with E-state index in [2.05, 4.69) is 10.6 Å². The molecule has 0 saturated carbocycles. The van der Waals surface area contributed by atoms with E-state index in [1.165, 1.54) is 0 Å². The van der Waals surface area contributed by atoms with E-state index in [4.69, 9.17) is 28.6 Å². The Bertz CT molecular complexity index is 1070. The summed E-state index contributed by atoms with van der Waals surface area (Å²) in [7, 11) is 0. The number of carbonyl (C=O) groups is 2. The van der Waals surface area contributed by atoms with Crippen molar-refractivity contribution >= 4 is 46.5 Å². The summed E-state index contributed by atoms with van der Waals surface area (Å²) in [4.78, 5) is 27.4. The van der Waals surface area contributed by atoms with Gasteiger partial charge in [-0.3, -0.25) is 4.79 Å². The molecule has 0 radical (unpaired) electrons. The third-order valence-corrected chi connectivity index (χ3v) is 5.88. The van der Waals surface area contributed by atoms with Crippen LogP contribution in [0.25, 0.3) is 0 Å². The van der Waals surface area contributed by atoms with Crippen LogP contribution in [0.3, 0.4) is 0 Å². The predicted molar refractivity (Wildman–Crippen MR) is 135 cm³/mol. The summed E-state index contributed by atoms with van der Waals surface area (Å²) in [5, 5.41) is 7.27. The Balaban J connectivity index is 1.84. The minimum atomic E-state index is -0.444. The van der Waals surface area contributed by atoms with Crippen molar-refractivity contribution in [2.75, 3.05) is 18.5 Å². The summed E-state index contributed by atoms with van der Waals surface area (Å²) in [5.41, 5.74) is 3.30. The second-order valence-corrected chi connectivity index (χ2v) is 9.02. The third kappa shape index (κ3) is 5.92. The molecule has 0 saturated heterocycles. The van der Waals surface area contributed by atoms with Crippen molar-refractivity contribution in [3.63, 3.8) is 0 Å². The number of hydrogen-bond acceptors (Lipinski definition) is 4. The van der Waals surface area contributed by atoms with Crippen LogP contribution in [0.1, 0.15) is 49.7 Å². The molecule has 0 bridgehead atoms. The molecule has 0 fully saturated rings. The fourth-order valence-corrected chi connectivity index (χ4v) is 4.07. The van der Waals surface area contributed by atoms with Crippen LogP contribution in [0.4, 0.5) is 5.69 Å². The standard InChI is InChI=1S/C25H28ClN3O3S/c1-5-29-16(4)21(24(31)32-14-15(2)3)22(28-25(29)33)17-8-12-20(13-9-17)27-23(30)18-6-10-19(26)11-7-18/h6-13,15,22H,5,14H2,1-4H3,(H,27,30)(H,28,33). The lowest BCUT2D eigenvalue weighted by Crippen LogP contribution is -2.47. The molecular formula is C25H28ClN3O3S. The first kappa shape index (κ1) is 24.7. The van der Waals surface area contributed by atoms with Crippen LogP contribution in [-0.4, -0.2) is 35.0 Å². The van der Waals surface area contributed by atoms with Gasteiger partial charge in [0.2, 0.25) is 0 Å². The monoisotopic (exact) mass is 485 g/mol. The average molecular weight is 486 g/mol. The first-order valence-corrected chi connectivity index (χ1v) is 11.6. The molecule has 8 heteroatoms. The quantitative estimate of drug-likeness (QED) is 0.408. The number of benzene rings is 2. The van der Waals surface area contributed by atoms with E-state index < -0.39 is 6.04 Å². The summed E-state index contributed by atoms with van der Waals surface area (Å²) in [6.07, 6.45) is 0. The van der Waals surface area contributed by atoms with Crippen molar-refractivity contribution in [3.8, 4) is 0 Å². The molecule has 1 atom stereocenters. The molecule has 2 N–H and O–H groups in total. The van der Waals surface area contributed by atoms with Crippen LogP contribution in [0, 0.1) is 5.92 Å². The maximum Gasteiger partial charge on any atom is 0.338 e. The van der Waals surface area contributed by atoms with Gasteiger partial charge in [-0.25, -0.2) is 4.79 Å². The van der Waals surface area contributed by atoms with Crippen molar-refractivity contribution in [3.05, 3.63) is 76.0 Å². The Kier molecular flexibility index (Phi) is 8.10. The van der Waals surface area contributed by atoms with E-state index in [1.54, 1.807) is 36.4 Å². The van der Waals surface area contributed by atoms with Crippen molar-refractivity contribution in [2.45, 2.75) is 33.7 Å². The van der Waals surface area contributed by atoms with Gasteiger partial charge in [-0.2, -0.15) is 0 Å². The van der Waals surface area contributed by atoms with Crippen LogP contribution >= 0.6 is 23.8 Å². The second kappa shape index (κ2) is 10.8. The number of thiocarbonyl (C=S) groups is 1. The number of hydrogen-bond donors (Lipinski definition) is 2. The van der Waals surface area contributed by atoms with Gasteiger partial charge in [-0.05, 0) is 73.9 Å². The fraction of sp³-hybridized carbons (Fsp3) is 0.320. The Labute approximate surface area is 204 Å². The minimum absolute atomic E-state index is 0.233. The lowest BCUT2D eigenvalue weighted by atomic mass is 9.94. The van der Waals surface area contributed by atoms with Gasteiger partial charge in [0, 0.05) is 28.5 Å². The Morgan fingerprint density at radius 2 is 1.79 bits per heavy atom. The molecule has 174 valence electrons. The number of halogens is 1. The van der Waals surface area contributed by atoms with Crippen LogP contribution in [0.15, 0.2) is 59.8 Å². The number of esters is 1. The molecule has 0 aliphatic carbocycles. The van der Waals surface area contributed by atoms with E-state index in [1.807, 2.05) is 44.7 Å². The molecule has 33 heavy (non-hydrogen) atoms. The molecule has 1 amide bonds. The first-order chi connectivity index (χ1) is 15.7. The number of carbonyl (C=O) groups excluding carboxylic acids is 2. The van der Waals surface area contributed by atoms with Crippen LogP contribution in [0.2, 0.25) is 5.02 Å². The lowest BCUT2D eigenvalue weighted by molar-refractivity contribution is -0.140. The summed E-state index contributed by atoms with van der Waals surface area (Å²) in [6.45, 7) is 8.84. The second-order valence-electron chi connectivity index (χ2n) is 8.20. The smallest absolute Gasteiger partial charge is 0.338 e. The SMILES string of the molecule is CCN1C(=S)NC(c2ccc(NC(=O)c3ccc(Cl)cc3)cc2)C(C(=O)OCC(C)C)=C1C. The topological polar surface area (TPSA) is 70.7 Å². The average Bonchev–Trinajstić information content (AvgIpc) is 2.78. The van der Waals surface area contributed by atoms with E-state index in [-0.39, 0.29) is 17.8 Å². The molecule has 1 heterocycles. The molecule has 0 spiro atoms. The predicted octanol–water partition coefficient (Wildman–Crippen LogP) is 5.32. The molecule has 1 aliphatic rings. The van der Waals surface area contributed by atoms with Crippen LogP contribution < -0.4 is 10.6 Å². The highest BCUT2D eigenvalue weighted by atomic mass is 35.5. The van der Waals surface area contributed by atoms with Gasteiger partial charge in [0.1, 0.15) is 0 Å². The largest absolute Gasteiger partial charge is 0.462 e. The molecular weight excluding hydrogens is 458 g/mol. The van der Waals surface area contributed by atoms with E-state index in [0.717, 1.165) is 11.3 Å². The zero-order valence-corrected chi connectivity index (χ0v) is 20.7. The lowest BCUT2D eigenvalue weighted by Gasteiger charge is -2.37. The minimum Gasteiger partial charge on any atom is -0.462 e. The van der Waals surface area contributed by atoms with Crippen molar-refractivity contribution in [1.29, 1.82) is 0 Å². The third-order valence-electron chi connectivity index (χ3n) is 5.29. The zero-order chi connectivity index (χ0) is 24.1. The molecule has 1 unspecified atom stereocenters. The van der Waals surface area contributed by atoms with Gasteiger partial charge < -0.3 is 20.3 Å². The van der Waals surface area contributed by atoms with Gasteiger partial charge in [-0.1, -0.05) is 37.6 Å². The Morgan fingerprint density at radius 1 is 1.15 bits per heavy atom. The van der Waals surface area contributed by atoms with Gasteiger partial charge in [0.25, 0.3) is 5.91 Å². The molecule has 2 aromatic rings. The van der Waals surface area contributed by atoms with Gasteiger partial charge >= 0.3 is 5.97 Å². The summed E-state index contributed by atoms with van der Waals surface area (Å²) < 4.78 is 5.55. The maximum absolute atomic E-state index is 13.0. The molecule has 1 aliphatic heterocycles. The highest BCUT2D eigenvalue weighted by molar-refractivity contribution is 7.80.